The van der Waals surface area contributed by atoms with Crippen LogP contribution in [0.15, 0.2) is 28.7 Å². The first-order chi connectivity index (χ1) is 12.4. The molecule has 0 unspecified atom stereocenters. The lowest BCUT2D eigenvalue weighted by Crippen LogP contribution is -2.42. The summed E-state index contributed by atoms with van der Waals surface area (Å²) in [5, 5.41) is 3.71. The molecule has 2 aromatic rings. The molecule has 140 valence electrons. The number of likely N-dealkylation sites (tertiary alicyclic amines) is 1. The van der Waals surface area contributed by atoms with Crippen LogP contribution in [0, 0.1) is 12.8 Å². The molecule has 1 aliphatic heterocycles. The highest BCUT2D eigenvalue weighted by Gasteiger charge is 2.26. The molecule has 5 nitrogen and oxygen atoms in total. The molecule has 2 heterocycles. The second-order valence-corrected chi connectivity index (χ2v) is 7.68. The Labute approximate surface area is 159 Å². The molecular weight excluding hydrogens is 350 g/mol. The van der Waals surface area contributed by atoms with E-state index >= 15 is 0 Å². The van der Waals surface area contributed by atoms with E-state index in [-0.39, 0.29) is 17.9 Å². The van der Waals surface area contributed by atoms with E-state index in [2.05, 4.69) is 15.2 Å². The lowest BCUT2D eigenvalue weighted by Gasteiger charge is -2.31. The van der Waals surface area contributed by atoms with Gasteiger partial charge >= 0.3 is 0 Å². The summed E-state index contributed by atoms with van der Waals surface area (Å²) in [5.41, 5.74) is 1.88. The van der Waals surface area contributed by atoms with Gasteiger partial charge in [-0.15, -0.1) is 0 Å². The van der Waals surface area contributed by atoms with E-state index in [0.717, 1.165) is 49.5 Å². The summed E-state index contributed by atoms with van der Waals surface area (Å²) in [4.78, 5) is 19.2. The van der Waals surface area contributed by atoms with Gasteiger partial charge in [-0.25, -0.2) is 4.98 Å². The van der Waals surface area contributed by atoms with Gasteiger partial charge in [-0.2, -0.15) is 0 Å². The van der Waals surface area contributed by atoms with Gasteiger partial charge in [0.25, 0.3) is 0 Å². The van der Waals surface area contributed by atoms with Gasteiger partial charge in [-0.3, -0.25) is 9.69 Å². The van der Waals surface area contributed by atoms with Crippen LogP contribution in [0.2, 0.25) is 5.02 Å². The van der Waals surface area contributed by atoms with Crippen molar-refractivity contribution in [3.05, 3.63) is 40.7 Å². The van der Waals surface area contributed by atoms with Crippen LogP contribution in [0.4, 0.5) is 0 Å². The number of carbonyl (C=O) groups is 1. The number of amides is 1. The second-order valence-electron chi connectivity index (χ2n) is 7.24. The van der Waals surface area contributed by atoms with E-state index in [9.17, 15) is 4.79 Å². The predicted molar refractivity (Wildman–Crippen MR) is 103 cm³/mol. The van der Waals surface area contributed by atoms with Crippen LogP contribution in [-0.2, 0) is 11.3 Å². The third kappa shape index (κ3) is 4.65. The topological polar surface area (TPSA) is 58.4 Å². The number of hydrogen-bond acceptors (Lipinski definition) is 4. The fraction of sp³-hybridized carbons (Fsp3) is 0.500. The highest BCUT2D eigenvalue weighted by Crippen LogP contribution is 2.25. The first-order valence-corrected chi connectivity index (χ1v) is 9.55. The molecule has 26 heavy (non-hydrogen) atoms. The minimum atomic E-state index is 0.122. The maximum atomic E-state index is 12.1. The van der Waals surface area contributed by atoms with Crippen molar-refractivity contribution in [1.29, 1.82) is 0 Å². The SMILES string of the molecule is Cc1oc(-c2ccc(Cl)cc2)nc1CN1CCC(C(=O)NC(C)C)CC1. The molecule has 1 fully saturated rings. The number of oxazole rings is 1. The molecule has 0 atom stereocenters. The van der Waals surface area contributed by atoms with Crippen molar-refractivity contribution in [1.82, 2.24) is 15.2 Å². The van der Waals surface area contributed by atoms with Gasteiger partial charge in [-0.05, 0) is 71.0 Å². The highest BCUT2D eigenvalue weighted by atomic mass is 35.5. The summed E-state index contributed by atoms with van der Waals surface area (Å²) in [6.07, 6.45) is 1.78. The third-order valence-corrected chi connectivity index (χ3v) is 5.00. The van der Waals surface area contributed by atoms with E-state index in [1.54, 1.807) is 0 Å². The first kappa shape index (κ1) is 18.9. The molecule has 3 rings (SSSR count). The molecule has 1 aromatic heterocycles. The van der Waals surface area contributed by atoms with Gasteiger partial charge in [0, 0.05) is 29.1 Å². The average molecular weight is 376 g/mol. The van der Waals surface area contributed by atoms with Crippen LogP contribution in [0.25, 0.3) is 11.5 Å². The highest BCUT2D eigenvalue weighted by molar-refractivity contribution is 6.30. The number of piperidine rings is 1. The Morgan fingerprint density at radius 2 is 1.96 bits per heavy atom. The van der Waals surface area contributed by atoms with Gasteiger partial charge in [0.2, 0.25) is 11.8 Å². The van der Waals surface area contributed by atoms with Crippen molar-refractivity contribution in [2.45, 2.75) is 46.2 Å². The number of hydrogen-bond donors (Lipinski definition) is 1. The third-order valence-electron chi connectivity index (χ3n) is 4.75. The van der Waals surface area contributed by atoms with Gasteiger partial charge < -0.3 is 9.73 Å². The Kier molecular flexibility index (Phi) is 5.99. The smallest absolute Gasteiger partial charge is 0.226 e. The fourth-order valence-electron chi connectivity index (χ4n) is 3.26. The fourth-order valence-corrected chi connectivity index (χ4v) is 3.38. The Hall–Kier alpha value is -1.85. The molecule has 1 amide bonds. The molecule has 1 aromatic carbocycles. The van der Waals surface area contributed by atoms with Crippen molar-refractivity contribution in [3.63, 3.8) is 0 Å². The summed E-state index contributed by atoms with van der Waals surface area (Å²) in [6, 6.07) is 7.70. The number of nitrogens with zero attached hydrogens (tertiary/aromatic N) is 2. The van der Waals surface area contributed by atoms with Crippen LogP contribution in [-0.4, -0.2) is 34.9 Å². The molecule has 0 saturated carbocycles. The average Bonchev–Trinajstić information content (AvgIpc) is 2.96. The quantitative estimate of drug-likeness (QED) is 0.856. The van der Waals surface area contributed by atoms with Gasteiger partial charge in [0.15, 0.2) is 0 Å². The van der Waals surface area contributed by atoms with Crippen molar-refractivity contribution < 1.29 is 9.21 Å². The zero-order chi connectivity index (χ0) is 18.7. The number of rotatable bonds is 5. The number of carbonyl (C=O) groups excluding carboxylic acids is 1. The number of aromatic nitrogens is 1. The van der Waals surface area contributed by atoms with Crippen LogP contribution in [0.5, 0.6) is 0 Å². The minimum absolute atomic E-state index is 0.122. The van der Waals surface area contributed by atoms with E-state index < -0.39 is 0 Å². The Bertz CT molecular complexity index is 747. The van der Waals surface area contributed by atoms with Crippen molar-refractivity contribution in [2.75, 3.05) is 13.1 Å². The minimum Gasteiger partial charge on any atom is -0.441 e. The summed E-state index contributed by atoms with van der Waals surface area (Å²) >= 11 is 5.94. The van der Waals surface area contributed by atoms with E-state index in [1.807, 2.05) is 45.0 Å². The van der Waals surface area contributed by atoms with Crippen molar-refractivity contribution in [3.8, 4) is 11.5 Å². The molecule has 0 bridgehead atoms. The van der Waals surface area contributed by atoms with Crippen LogP contribution < -0.4 is 5.32 Å². The monoisotopic (exact) mass is 375 g/mol. The Morgan fingerprint density at radius 1 is 1.31 bits per heavy atom. The Balaban J connectivity index is 1.59. The number of aryl methyl sites for hydroxylation is 1. The zero-order valence-corrected chi connectivity index (χ0v) is 16.3. The van der Waals surface area contributed by atoms with Crippen LogP contribution in [0.1, 0.15) is 38.1 Å². The van der Waals surface area contributed by atoms with E-state index in [0.29, 0.717) is 10.9 Å². The zero-order valence-electron chi connectivity index (χ0n) is 15.6. The molecular formula is C20H26ClN3O2. The Morgan fingerprint density at radius 3 is 2.58 bits per heavy atom. The van der Waals surface area contributed by atoms with E-state index in [1.165, 1.54) is 0 Å². The van der Waals surface area contributed by atoms with Gasteiger partial charge in [0.05, 0.1) is 5.69 Å². The molecule has 0 radical (unpaired) electrons. The van der Waals surface area contributed by atoms with Crippen molar-refractivity contribution >= 4 is 17.5 Å². The largest absolute Gasteiger partial charge is 0.441 e. The first-order valence-electron chi connectivity index (χ1n) is 9.17. The summed E-state index contributed by atoms with van der Waals surface area (Å²) < 4.78 is 5.84. The maximum Gasteiger partial charge on any atom is 0.226 e. The number of benzene rings is 1. The maximum absolute atomic E-state index is 12.1. The molecule has 1 aliphatic rings. The van der Waals surface area contributed by atoms with E-state index in [4.69, 9.17) is 16.0 Å². The summed E-state index contributed by atoms with van der Waals surface area (Å²) in [7, 11) is 0. The number of halogens is 1. The predicted octanol–water partition coefficient (Wildman–Crippen LogP) is 4.04. The van der Waals surface area contributed by atoms with Gasteiger partial charge in [-0.1, -0.05) is 11.6 Å². The standard InChI is InChI=1S/C20H26ClN3O2/c1-13(2)22-19(25)15-8-10-24(11-9-15)12-18-14(3)26-20(23-18)16-4-6-17(21)7-5-16/h4-7,13,15H,8-12H2,1-3H3,(H,22,25). The molecule has 1 N–H and O–H groups in total. The van der Waals surface area contributed by atoms with Crippen LogP contribution in [0.3, 0.4) is 0 Å². The molecule has 0 aliphatic carbocycles. The van der Waals surface area contributed by atoms with Gasteiger partial charge in [0.1, 0.15) is 5.76 Å². The normalized spacial score (nSPS) is 16.2. The lowest BCUT2D eigenvalue weighted by atomic mass is 9.95. The molecule has 0 spiro atoms. The summed E-state index contributed by atoms with van der Waals surface area (Å²) in [6.45, 7) is 8.50. The molecule has 6 heteroatoms. The number of nitrogens with one attached hydrogen (secondary N) is 1. The lowest BCUT2D eigenvalue weighted by molar-refractivity contribution is -0.127. The summed E-state index contributed by atoms with van der Waals surface area (Å²) in [5.74, 6) is 1.77. The second kappa shape index (κ2) is 8.23. The van der Waals surface area contributed by atoms with Crippen LogP contribution >= 0.6 is 11.6 Å². The van der Waals surface area contributed by atoms with Crippen molar-refractivity contribution in [2.24, 2.45) is 5.92 Å². The molecule has 1 saturated heterocycles.